The number of aromatic nitrogens is 1. The molecule has 1 aromatic carbocycles. The van der Waals surface area contributed by atoms with E-state index in [0.717, 1.165) is 45.8 Å². The molecule has 0 spiro atoms. The third-order valence-corrected chi connectivity index (χ3v) is 4.95. The monoisotopic (exact) mass is 441 g/mol. The van der Waals surface area contributed by atoms with Gasteiger partial charge in [-0.05, 0) is 62.4 Å². The van der Waals surface area contributed by atoms with Gasteiger partial charge in [0.1, 0.15) is 17.7 Å². The van der Waals surface area contributed by atoms with Crippen LogP contribution in [0.3, 0.4) is 0 Å². The largest absolute Gasteiger partial charge is 0.496 e. The van der Waals surface area contributed by atoms with Crippen molar-refractivity contribution in [3.8, 4) is 23.1 Å². The molecule has 0 bridgehead atoms. The van der Waals surface area contributed by atoms with Crippen molar-refractivity contribution in [3.05, 3.63) is 83.7 Å². The topological polar surface area (TPSA) is 82.7 Å². The number of rotatable bonds is 9. The molecule has 0 fully saturated rings. The van der Waals surface area contributed by atoms with Gasteiger partial charge in [-0.2, -0.15) is 5.26 Å². The molecule has 0 aliphatic carbocycles. The zero-order valence-corrected chi connectivity index (χ0v) is 20.0. The second-order valence-electron chi connectivity index (χ2n) is 7.37. The Morgan fingerprint density at radius 2 is 2.09 bits per heavy atom. The summed E-state index contributed by atoms with van der Waals surface area (Å²) in [5.41, 5.74) is 5.79. The van der Waals surface area contributed by atoms with E-state index >= 15 is 0 Å². The number of amidine groups is 1. The average Bonchev–Trinajstić information content (AvgIpc) is 2.85. The molecule has 0 radical (unpaired) electrons. The standard InChI is InChI=1S/C27H31N5O/c1-7-8-13-30-27(32-17-19(2)9-10-20(3)29-5)24-14-23(15-26(33-6)21(24)4)25-12-11-22(16-28)18-31-25/h8-15,18H,2,7,17H2,1,3-6H3,(H,30,32)/b10-9-,13-8+,29-20?. The van der Waals surface area contributed by atoms with E-state index in [0.29, 0.717) is 17.9 Å². The van der Waals surface area contributed by atoms with Crippen molar-refractivity contribution in [2.75, 3.05) is 20.7 Å². The SMILES string of the molecule is C=C(/C=C\C(C)=NC)CN=C(N/C=C/CC)c1cc(-c2ccc(C#N)cn2)cc(OC)c1C. The summed E-state index contributed by atoms with van der Waals surface area (Å²) < 4.78 is 5.65. The molecule has 0 unspecified atom stereocenters. The van der Waals surface area contributed by atoms with E-state index in [1.54, 1.807) is 26.4 Å². The molecule has 2 rings (SSSR count). The molecular weight excluding hydrogens is 410 g/mol. The first-order valence-corrected chi connectivity index (χ1v) is 10.7. The average molecular weight is 442 g/mol. The lowest BCUT2D eigenvalue weighted by Gasteiger charge is -2.16. The van der Waals surface area contributed by atoms with Crippen molar-refractivity contribution < 1.29 is 4.74 Å². The van der Waals surface area contributed by atoms with Crippen molar-refractivity contribution in [2.45, 2.75) is 27.2 Å². The first-order valence-electron chi connectivity index (χ1n) is 10.7. The molecule has 33 heavy (non-hydrogen) atoms. The van der Waals surface area contributed by atoms with Gasteiger partial charge in [0, 0.05) is 35.6 Å². The van der Waals surface area contributed by atoms with Crippen LogP contribution in [0.15, 0.2) is 77.0 Å². The normalized spacial score (nSPS) is 12.2. The number of methoxy groups -OCH3 is 1. The minimum atomic E-state index is 0.427. The number of ether oxygens (including phenoxy) is 1. The molecule has 0 amide bonds. The smallest absolute Gasteiger partial charge is 0.133 e. The Hall–Kier alpha value is -3.98. The Kier molecular flexibility index (Phi) is 9.79. The summed E-state index contributed by atoms with van der Waals surface area (Å²) in [6.07, 6.45) is 10.2. The van der Waals surface area contributed by atoms with E-state index in [1.807, 2.05) is 56.5 Å². The van der Waals surface area contributed by atoms with Crippen molar-refractivity contribution in [2.24, 2.45) is 9.98 Å². The van der Waals surface area contributed by atoms with E-state index < -0.39 is 0 Å². The maximum absolute atomic E-state index is 9.06. The quantitative estimate of drug-likeness (QED) is 0.321. The molecule has 0 aliphatic rings. The van der Waals surface area contributed by atoms with Gasteiger partial charge in [-0.1, -0.05) is 25.7 Å². The van der Waals surface area contributed by atoms with Crippen LogP contribution in [0.25, 0.3) is 11.3 Å². The number of hydrogen-bond acceptors (Lipinski definition) is 5. The molecule has 6 nitrogen and oxygen atoms in total. The Balaban J connectivity index is 2.51. The van der Waals surface area contributed by atoms with Gasteiger partial charge in [0.25, 0.3) is 0 Å². The summed E-state index contributed by atoms with van der Waals surface area (Å²) in [4.78, 5) is 13.4. The summed E-state index contributed by atoms with van der Waals surface area (Å²) in [7, 11) is 3.40. The third kappa shape index (κ3) is 7.29. The second-order valence-corrected chi connectivity index (χ2v) is 7.37. The van der Waals surface area contributed by atoms with Gasteiger partial charge in [-0.25, -0.2) is 0 Å². The number of aliphatic imine (C=N–C) groups is 2. The van der Waals surface area contributed by atoms with Crippen LogP contribution in [0, 0.1) is 18.3 Å². The summed E-state index contributed by atoms with van der Waals surface area (Å²) in [6, 6.07) is 9.66. The summed E-state index contributed by atoms with van der Waals surface area (Å²) in [5, 5.41) is 12.4. The van der Waals surface area contributed by atoms with E-state index in [-0.39, 0.29) is 0 Å². The number of nitrogens with zero attached hydrogens (tertiary/aromatic N) is 4. The van der Waals surface area contributed by atoms with Crippen LogP contribution < -0.4 is 10.1 Å². The second kappa shape index (κ2) is 12.8. The molecule has 6 heteroatoms. The lowest BCUT2D eigenvalue weighted by atomic mass is 10.00. The maximum atomic E-state index is 9.06. The molecule has 0 atom stereocenters. The van der Waals surface area contributed by atoms with Crippen molar-refractivity contribution in [3.63, 3.8) is 0 Å². The summed E-state index contributed by atoms with van der Waals surface area (Å²) >= 11 is 0. The molecule has 0 saturated heterocycles. The van der Waals surface area contributed by atoms with Crippen LogP contribution in [0.1, 0.15) is 37.0 Å². The molecule has 0 saturated carbocycles. The molecule has 0 aliphatic heterocycles. The van der Waals surface area contributed by atoms with Crippen LogP contribution in [0.2, 0.25) is 0 Å². The van der Waals surface area contributed by atoms with Gasteiger partial charge >= 0.3 is 0 Å². The Morgan fingerprint density at radius 3 is 2.70 bits per heavy atom. The number of nitriles is 1. The fourth-order valence-electron chi connectivity index (χ4n) is 2.93. The number of pyridine rings is 1. The third-order valence-electron chi connectivity index (χ3n) is 4.95. The fraction of sp³-hybridized carbons (Fsp3) is 0.259. The van der Waals surface area contributed by atoms with Gasteiger partial charge in [0.2, 0.25) is 0 Å². The Labute approximate surface area is 196 Å². The molecule has 170 valence electrons. The number of benzene rings is 1. The molecule has 1 heterocycles. The van der Waals surface area contributed by atoms with E-state index in [9.17, 15) is 0 Å². The first-order chi connectivity index (χ1) is 15.9. The van der Waals surface area contributed by atoms with Gasteiger partial charge in [-0.3, -0.25) is 15.0 Å². The summed E-state index contributed by atoms with van der Waals surface area (Å²) in [5.74, 6) is 1.44. The highest BCUT2D eigenvalue weighted by molar-refractivity contribution is 6.02. The first kappa shape index (κ1) is 25.3. The Morgan fingerprint density at radius 1 is 1.30 bits per heavy atom. The summed E-state index contributed by atoms with van der Waals surface area (Å²) in [6.45, 7) is 10.5. The highest BCUT2D eigenvalue weighted by Gasteiger charge is 2.14. The molecule has 1 aromatic heterocycles. The van der Waals surface area contributed by atoms with Gasteiger partial charge in [0.15, 0.2) is 0 Å². The lowest BCUT2D eigenvalue weighted by Crippen LogP contribution is -2.21. The minimum absolute atomic E-state index is 0.427. The highest BCUT2D eigenvalue weighted by atomic mass is 16.5. The zero-order chi connectivity index (χ0) is 24.2. The van der Waals surface area contributed by atoms with Crippen LogP contribution >= 0.6 is 0 Å². The van der Waals surface area contributed by atoms with Gasteiger partial charge in [0.05, 0.1) is 24.9 Å². The van der Waals surface area contributed by atoms with E-state index in [4.69, 9.17) is 15.0 Å². The zero-order valence-electron chi connectivity index (χ0n) is 20.0. The Bertz CT molecular complexity index is 1130. The van der Waals surface area contributed by atoms with Crippen molar-refractivity contribution in [1.29, 1.82) is 5.26 Å². The fourth-order valence-corrected chi connectivity index (χ4v) is 2.93. The van der Waals surface area contributed by atoms with Crippen LogP contribution in [-0.2, 0) is 0 Å². The van der Waals surface area contributed by atoms with Crippen LogP contribution in [-0.4, -0.2) is 37.2 Å². The van der Waals surface area contributed by atoms with Crippen LogP contribution in [0.4, 0.5) is 0 Å². The highest BCUT2D eigenvalue weighted by Crippen LogP contribution is 2.29. The van der Waals surface area contributed by atoms with E-state index in [1.165, 1.54) is 0 Å². The minimum Gasteiger partial charge on any atom is -0.496 e. The van der Waals surface area contributed by atoms with Crippen LogP contribution in [0.5, 0.6) is 5.75 Å². The molecule has 2 aromatic rings. The molecular formula is C27H31N5O. The number of allylic oxidation sites excluding steroid dienone is 2. The predicted molar refractivity (Wildman–Crippen MR) is 137 cm³/mol. The van der Waals surface area contributed by atoms with Crippen molar-refractivity contribution >= 4 is 11.5 Å². The maximum Gasteiger partial charge on any atom is 0.133 e. The van der Waals surface area contributed by atoms with E-state index in [2.05, 4.69) is 34.9 Å². The van der Waals surface area contributed by atoms with Gasteiger partial charge < -0.3 is 10.1 Å². The molecule has 1 N–H and O–H groups in total. The van der Waals surface area contributed by atoms with Gasteiger partial charge in [-0.15, -0.1) is 0 Å². The lowest BCUT2D eigenvalue weighted by molar-refractivity contribution is 0.412. The number of hydrogen-bond donors (Lipinski definition) is 1. The number of nitrogens with one attached hydrogen (secondary N) is 1. The van der Waals surface area contributed by atoms with Crippen molar-refractivity contribution in [1.82, 2.24) is 10.3 Å². The predicted octanol–water partition coefficient (Wildman–Crippen LogP) is 5.40.